The number of sulfonamides is 1. The molecule has 0 atom stereocenters. The molecule has 6 nitrogen and oxygen atoms in total. The highest BCUT2D eigenvalue weighted by Crippen LogP contribution is 2.23. The molecule has 0 fully saturated rings. The van der Waals surface area contributed by atoms with Gasteiger partial charge in [0.1, 0.15) is 0 Å². The number of nitrogens with zero attached hydrogens (tertiary/aromatic N) is 1. The van der Waals surface area contributed by atoms with Crippen molar-refractivity contribution in [1.82, 2.24) is 4.90 Å². The molecular formula is C19H24ClN3O3S. The van der Waals surface area contributed by atoms with Crippen LogP contribution in [-0.4, -0.2) is 38.6 Å². The molecule has 27 heavy (non-hydrogen) atoms. The van der Waals surface area contributed by atoms with Crippen molar-refractivity contribution in [3.8, 4) is 0 Å². The largest absolute Gasteiger partial charge is 0.322 e. The van der Waals surface area contributed by atoms with Gasteiger partial charge in [-0.1, -0.05) is 37.6 Å². The van der Waals surface area contributed by atoms with Crippen LogP contribution in [-0.2, 0) is 16.6 Å². The Kier molecular flexibility index (Phi) is 7.24. The molecule has 0 spiro atoms. The minimum absolute atomic E-state index is 0.192. The molecule has 0 saturated heterocycles. The zero-order valence-corrected chi connectivity index (χ0v) is 17.2. The fraction of sp³-hybridized carbons (Fsp3) is 0.316. The lowest BCUT2D eigenvalue weighted by molar-refractivity contribution is 0.102. The molecule has 146 valence electrons. The number of nitrogens with one attached hydrogen (secondary N) is 2. The van der Waals surface area contributed by atoms with Crippen LogP contribution in [0.3, 0.4) is 0 Å². The van der Waals surface area contributed by atoms with Crippen LogP contribution in [0.1, 0.15) is 29.8 Å². The number of benzene rings is 2. The van der Waals surface area contributed by atoms with Gasteiger partial charge < -0.3 is 5.32 Å². The topological polar surface area (TPSA) is 78.5 Å². The van der Waals surface area contributed by atoms with Crippen molar-refractivity contribution < 1.29 is 13.2 Å². The smallest absolute Gasteiger partial charge is 0.257 e. The molecule has 2 aromatic carbocycles. The highest BCUT2D eigenvalue weighted by atomic mass is 35.5. The summed E-state index contributed by atoms with van der Waals surface area (Å²) in [5.41, 5.74) is 2.27. The van der Waals surface area contributed by atoms with Crippen molar-refractivity contribution in [2.75, 3.05) is 29.4 Å². The Morgan fingerprint density at radius 3 is 2.19 bits per heavy atom. The number of hydrogen-bond acceptors (Lipinski definition) is 4. The van der Waals surface area contributed by atoms with Crippen LogP contribution in [0.15, 0.2) is 42.5 Å². The van der Waals surface area contributed by atoms with Crippen LogP contribution in [0.4, 0.5) is 11.4 Å². The van der Waals surface area contributed by atoms with E-state index in [9.17, 15) is 13.2 Å². The fourth-order valence-corrected chi connectivity index (χ4v) is 3.33. The molecule has 0 radical (unpaired) electrons. The van der Waals surface area contributed by atoms with Gasteiger partial charge in [0.2, 0.25) is 10.0 Å². The molecule has 0 bridgehead atoms. The van der Waals surface area contributed by atoms with Gasteiger partial charge in [-0.05, 0) is 49.0 Å². The Morgan fingerprint density at radius 2 is 1.63 bits per heavy atom. The number of hydrogen-bond donors (Lipinski definition) is 2. The van der Waals surface area contributed by atoms with Crippen LogP contribution in [0.2, 0.25) is 5.02 Å². The third-order valence-corrected chi connectivity index (χ3v) is 4.96. The standard InChI is InChI=1S/C19H24ClN3O3S/c1-4-23(5-2)13-14-6-8-15(9-7-14)21-19(24)17-12-16(10-11-18(17)20)22-27(3,25)26/h6-12,22H,4-5,13H2,1-3H3,(H,21,24). The van der Waals surface area contributed by atoms with Gasteiger partial charge in [0.05, 0.1) is 16.8 Å². The van der Waals surface area contributed by atoms with Gasteiger partial charge in [-0.2, -0.15) is 0 Å². The first-order valence-corrected chi connectivity index (χ1v) is 10.9. The summed E-state index contributed by atoms with van der Waals surface area (Å²) in [6, 6.07) is 12.0. The minimum atomic E-state index is -3.44. The van der Waals surface area contributed by atoms with Gasteiger partial charge in [-0.25, -0.2) is 8.42 Å². The predicted octanol–water partition coefficient (Wildman–Crippen LogP) is 3.81. The van der Waals surface area contributed by atoms with Crippen LogP contribution in [0, 0.1) is 0 Å². The van der Waals surface area contributed by atoms with Gasteiger partial charge in [-0.3, -0.25) is 14.4 Å². The van der Waals surface area contributed by atoms with Gasteiger partial charge in [0.15, 0.2) is 0 Å². The number of carbonyl (C=O) groups is 1. The maximum atomic E-state index is 12.5. The highest BCUT2D eigenvalue weighted by molar-refractivity contribution is 7.92. The van der Waals surface area contributed by atoms with Crippen molar-refractivity contribution in [3.63, 3.8) is 0 Å². The average molecular weight is 410 g/mol. The maximum Gasteiger partial charge on any atom is 0.257 e. The van der Waals surface area contributed by atoms with Gasteiger partial charge >= 0.3 is 0 Å². The Hall–Kier alpha value is -2.09. The van der Waals surface area contributed by atoms with E-state index in [0.717, 1.165) is 31.5 Å². The van der Waals surface area contributed by atoms with Crippen LogP contribution in [0.25, 0.3) is 0 Å². The summed E-state index contributed by atoms with van der Waals surface area (Å²) >= 11 is 6.10. The summed E-state index contributed by atoms with van der Waals surface area (Å²) in [5.74, 6) is -0.409. The van der Waals surface area contributed by atoms with Crippen molar-refractivity contribution >= 4 is 38.9 Å². The molecule has 0 aromatic heterocycles. The Labute approximate surface area is 165 Å². The van der Waals surface area contributed by atoms with E-state index >= 15 is 0 Å². The predicted molar refractivity (Wildman–Crippen MR) is 111 cm³/mol. The molecule has 8 heteroatoms. The van der Waals surface area contributed by atoms with Gasteiger partial charge in [0.25, 0.3) is 5.91 Å². The molecule has 2 aromatic rings. The number of anilines is 2. The second kappa shape index (κ2) is 9.21. The van der Waals surface area contributed by atoms with Crippen molar-refractivity contribution in [2.24, 2.45) is 0 Å². The van der Waals surface area contributed by atoms with Crippen LogP contribution >= 0.6 is 11.6 Å². The summed E-state index contributed by atoms with van der Waals surface area (Å²) in [7, 11) is -3.44. The Morgan fingerprint density at radius 1 is 1.04 bits per heavy atom. The van der Waals surface area contributed by atoms with Crippen LogP contribution < -0.4 is 10.0 Å². The monoisotopic (exact) mass is 409 g/mol. The fourth-order valence-electron chi connectivity index (χ4n) is 2.57. The molecule has 0 aliphatic carbocycles. The van der Waals surface area contributed by atoms with Crippen molar-refractivity contribution in [1.29, 1.82) is 0 Å². The Bertz CT molecular complexity index is 895. The summed E-state index contributed by atoms with van der Waals surface area (Å²) in [6.07, 6.45) is 1.04. The zero-order chi connectivity index (χ0) is 20.0. The molecule has 2 rings (SSSR count). The molecular weight excluding hydrogens is 386 g/mol. The van der Waals surface area contributed by atoms with E-state index in [1.807, 2.05) is 24.3 Å². The molecule has 0 heterocycles. The second-order valence-corrected chi connectivity index (χ2v) is 8.34. The third-order valence-electron chi connectivity index (χ3n) is 4.03. The summed E-state index contributed by atoms with van der Waals surface area (Å²) < 4.78 is 25.1. The molecule has 0 unspecified atom stereocenters. The first kappa shape index (κ1) is 21.2. The molecule has 0 aliphatic rings. The van der Waals surface area contributed by atoms with Crippen molar-refractivity contribution in [3.05, 3.63) is 58.6 Å². The lowest BCUT2D eigenvalue weighted by atomic mass is 10.1. The van der Waals surface area contributed by atoms with Crippen LogP contribution in [0.5, 0.6) is 0 Å². The number of amides is 1. The number of carbonyl (C=O) groups excluding carboxylic acids is 1. The normalized spacial score (nSPS) is 11.4. The first-order chi connectivity index (χ1) is 12.7. The lowest BCUT2D eigenvalue weighted by Gasteiger charge is -2.18. The van der Waals surface area contributed by atoms with Crippen molar-refractivity contribution in [2.45, 2.75) is 20.4 Å². The van der Waals surface area contributed by atoms with E-state index in [1.54, 1.807) is 0 Å². The highest BCUT2D eigenvalue weighted by Gasteiger charge is 2.13. The Balaban J connectivity index is 2.11. The van der Waals surface area contributed by atoms with Gasteiger partial charge in [0, 0.05) is 17.9 Å². The summed E-state index contributed by atoms with van der Waals surface area (Å²) in [4.78, 5) is 14.8. The molecule has 2 N–H and O–H groups in total. The zero-order valence-electron chi connectivity index (χ0n) is 15.6. The van der Waals surface area contributed by atoms with E-state index in [2.05, 4.69) is 28.8 Å². The van der Waals surface area contributed by atoms with E-state index in [0.29, 0.717) is 5.69 Å². The third kappa shape index (κ3) is 6.53. The number of rotatable bonds is 8. The maximum absolute atomic E-state index is 12.5. The molecule has 0 aliphatic heterocycles. The average Bonchev–Trinajstić information content (AvgIpc) is 2.61. The van der Waals surface area contributed by atoms with Gasteiger partial charge in [-0.15, -0.1) is 0 Å². The summed E-state index contributed by atoms with van der Waals surface area (Å²) in [5, 5.41) is 3.02. The summed E-state index contributed by atoms with van der Waals surface area (Å²) in [6.45, 7) is 7.05. The minimum Gasteiger partial charge on any atom is -0.322 e. The number of halogens is 1. The van der Waals surface area contributed by atoms with E-state index in [4.69, 9.17) is 11.6 Å². The van der Waals surface area contributed by atoms with E-state index in [-0.39, 0.29) is 16.3 Å². The lowest BCUT2D eigenvalue weighted by Crippen LogP contribution is -2.22. The van der Waals surface area contributed by atoms with E-state index in [1.165, 1.54) is 18.2 Å². The second-order valence-electron chi connectivity index (χ2n) is 6.18. The molecule has 0 saturated carbocycles. The SMILES string of the molecule is CCN(CC)Cc1ccc(NC(=O)c2cc(NS(C)(=O)=O)ccc2Cl)cc1. The van der Waals surface area contributed by atoms with E-state index < -0.39 is 15.9 Å². The quantitative estimate of drug-likeness (QED) is 0.694. The molecule has 1 amide bonds. The first-order valence-electron chi connectivity index (χ1n) is 8.61.